The lowest BCUT2D eigenvalue weighted by Gasteiger charge is -2.37. The van der Waals surface area contributed by atoms with Crippen LogP contribution in [0.2, 0.25) is 0 Å². The fourth-order valence-corrected chi connectivity index (χ4v) is 3.67. The number of hydrogen-bond donors (Lipinski definition) is 2. The Labute approximate surface area is 152 Å². The predicted molar refractivity (Wildman–Crippen MR) is 98.8 cm³/mol. The molecule has 1 heterocycles. The zero-order valence-corrected chi connectivity index (χ0v) is 16.2. The summed E-state index contributed by atoms with van der Waals surface area (Å²) in [6, 6.07) is 0. The molecule has 0 aromatic rings. The lowest BCUT2D eigenvalue weighted by Crippen LogP contribution is -2.46. The van der Waals surface area contributed by atoms with Gasteiger partial charge in [0.15, 0.2) is 0 Å². The summed E-state index contributed by atoms with van der Waals surface area (Å²) in [6.45, 7) is 8.58. The molecule has 0 saturated carbocycles. The van der Waals surface area contributed by atoms with E-state index in [1.165, 1.54) is 0 Å². The molecule has 146 valence electrons. The monoisotopic (exact) mass is 356 g/mol. The van der Waals surface area contributed by atoms with Gasteiger partial charge in [-0.25, -0.2) is 0 Å². The minimum absolute atomic E-state index is 0.242. The van der Waals surface area contributed by atoms with Gasteiger partial charge in [0.25, 0.3) is 0 Å². The molecule has 2 N–H and O–H groups in total. The SMILES string of the molecule is CCCCCC(CCN1CCN(C)CC1)(CC(CC)C(=O)O)C(=O)O. The van der Waals surface area contributed by atoms with Crippen molar-refractivity contribution in [3.63, 3.8) is 0 Å². The average molecular weight is 357 g/mol. The molecule has 0 aromatic heterocycles. The second kappa shape index (κ2) is 10.8. The molecule has 0 amide bonds. The molecule has 1 fully saturated rings. The number of carboxylic acid groups (broad SMARTS) is 2. The molecular weight excluding hydrogens is 320 g/mol. The van der Waals surface area contributed by atoms with Crippen molar-refractivity contribution in [3.05, 3.63) is 0 Å². The Bertz CT molecular complexity index is 422. The van der Waals surface area contributed by atoms with Crippen molar-refractivity contribution in [2.45, 2.75) is 58.8 Å². The number of carbonyl (C=O) groups is 2. The summed E-state index contributed by atoms with van der Waals surface area (Å²) in [5.41, 5.74) is -0.919. The second-order valence-electron chi connectivity index (χ2n) is 7.59. The number of aliphatic carboxylic acids is 2. The minimum Gasteiger partial charge on any atom is -0.481 e. The van der Waals surface area contributed by atoms with E-state index in [9.17, 15) is 19.8 Å². The van der Waals surface area contributed by atoms with Crippen LogP contribution >= 0.6 is 0 Å². The molecule has 0 aliphatic carbocycles. The van der Waals surface area contributed by atoms with Gasteiger partial charge in [-0.15, -0.1) is 0 Å². The molecule has 0 spiro atoms. The van der Waals surface area contributed by atoms with Gasteiger partial charge < -0.3 is 20.0 Å². The number of piperazine rings is 1. The van der Waals surface area contributed by atoms with E-state index in [1.807, 2.05) is 6.92 Å². The van der Waals surface area contributed by atoms with E-state index in [0.29, 0.717) is 19.3 Å². The first-order valence-electron chi connectivity index (χ1n) is 9.71. The largest absolute Gasteiger partial charge is 0.481 e. The quantitative estimate of drug-likeness (QED) is 0.523. The van der Waals surface area contributed by atoms with Crippen molar-refractivity contribution in [1.29, 1.82) is 0 Å². The standard InChI is InChI=1S/C19H36N2O4/c1-4-6-7-8-19(18(24)25,15-16(5-2)17(22)23)9-10-21-13-11-20(3)12-14-21/h16H,4-15H2,1-3H3,(H,22,23)(H,24,25). The van der Waals surface area contributed by atoms with Gasteiger partial charge in [-0.2, -0.15) is 0 Å². The van der Waals surface area contributed by atoms with Crippen molar-refractivity contribution in [2.24, 2.45) is 11.3 Å². The maximum atomic E-state index is 12.2. The molecule has 1 aliphatic heterocycles. The van der Waals surface area contributed by atoms with E-state index in [1.54, 1.807) is 0 Å². The van der Waals surface area contributed by atoms with Gasteiger partial charge in [0.2, 0.25) is 0 Å². The Morgan fingerprint density at radius 1 is 1.04 bits per heavy atom. The van der Waals surface area contributed by atoms with Crippen LogP contribution in [0.5, 0.6) is 0 Å². The molecule has 1 rings (SSSR count). The molecule has 0 bridgehead atoms. The summed E-state index contributed by atoms with van der Waals surface area (Å²) in [6.07, 6.45) is 4.71. The van der Waals surface area contributed by atoms with E-state index in [0.717, 1.165) is 52.0 Å². The predicted octanol–water partition coefficient (Wildman–Crippen LogP) is 2.78. The van der Waals surface area contributed by atoms with Gasteiger partial charge >= 0.3 is 11.9 Å². The third-order valence-corrected chi connectivity index (χ3v) is 5.69. The molecule has 25 heavy (non-hydrogen) atoms. The Morgan fingerprint density at radius 2 is 1.68 bits per heavy atom. The van der Waals surface area contributed by atoms with Crippen LogP contribution in [0.1, 0.15) is 58.8 Å². The molecule has 0 aromatic carbocycles. The first kappa shape index (κ1) is 21.9. The Balaban J connectivity index is 2.82. The summed E-state index contributed by atoms with van der Waals surface area (Å²) in [7, 11) is 2.10. The van der Waals surface area contributed by atoms with Crippen molar-refractivity contribution < 1.29 is 19.8 Å². The number of likely N-dealkylation sites (N-methyl/N-ethyl adjacent to an activating group) is 1. The normalized spacial score (nSPS) is 20.1. The highest BCUT2D eigenvalue weighted by atomic mass is 16.4. The molecule has 1 saturated heterocycles. The number of unbranched alkanes of at least 4 members (excludes halogenated alkanes) is 2. The van der Waals surface area contributed by atoms with Crippen LogP contribution in [0.25, 0.3) is 0 Å². The van der Waals surface area contributed by atoms with E-state index in [2.05, 4.69) is 23.8 Å². The summed E-state index contributed by atoms with van der Waals surface area (Å²) in [5, 5.41) is 19.4. The highest BCUT2D eigenvalue weighted by Crippen LogP contribution is 2.38. The van der Waals surface area contributed by atoms with Crippen LogP contribution < -0.4 is 0 Å². The second-order valence-corrected chi connectivity index (χ2v) is 7.59. The number of hydrogen-bond acceptors (Lipinski definition) is 4. The van der Waals surface area contributed by atoms with Gasteiger partial charge in [-0.1, -0.05) is 33.1 Å². The highest BCUT2D eigenvalue weighted by Gasteiger charge is 2.41. The summed E-state index contributed by atoms with van der Waals surface area (Å²) >= 11 is 0. The molecule has 6 heteroatoms. The van der Waals surface area contributed by atoms with Gasteiger partial charge in [0, 0.05) is 26.2 Å². The van der Waals surface area contributed by atoms with E-state index >= 15 is 0 Å². The highest BCUT2D eigenvalue weighted by molar-refractivity contribution is 5.77. The van der Waals surface area contributed by atoms with Crippen LogP contribution in [0.3, 0.4) is 0 Å². The third kappa shape index (κ3) is 6.94. The number of nitrogens with zero attached hydrogens (tertiary/aromatic N) is 2. The van der Waals surface area contributed by atoms with Crippen LogP contribution in [0.4, 0.5) is 0 Å². The summed E-state index contributed by atoms with van der Waals surface area (Å²) in [4.78, 5) is 28.3. The number of carboxylic acids is 2. The zero-order valence-electron chi connectivity index (χ0n) is 16.2. The van der Waals surface area contributed by atoms with Crippen LogP contribution in [-0.4, -0.2) is 71.7 Å². The lowest BCUT2D eigenvalue weighted by atomic mass is 9.72. The molecule has 6 nitrogen and oxygen atoms in total. The molecular formula is C19H36N2O4. The van der Waals surface area contributed by atoms with Crippen molar-refractivity contribution in [2.75, 3.05) is 39.8 Å². The molecule has 1 aliphatic rings. The van der Waals surface area contributed by atoms with E-state index < -0.39 is 23.3 Å². The first-order valence-corrected chi connectivity index (χ1v) is 9.71. The Morgan fingerprint density at radius 3 is 2.16 bits per heavy atom. The van der Waals surface area contributed by atoms with E-state index in [-0.39, 0.29) is 6.42 Å². The molecule has 2 atom stereocenters. The smallest absolute Gasteiger partial charge is 0.309 e. The zero-order chi connectivity index (χ0) is 18.9. The lowest BCUT2D eigenvalue weighted by molar-refractivity contribution is -0.154. The molecule has 0 radical (unpaired) electrons. The number of rotatable bonds is 12. The van der Waals surface area contributed by atoms with Crippen molar-refractivity contribution in [1.82, 2.24) is 9.80 Å². The Kier molecular flexibility index (Phi) is 9.43. The van der Waals surface area contributed by atoms with Gasteiger partial charge in [-0.3, -0.25) is 9.59 Å². The minimum atomic E-state index is -0.919. The van der Waals surface area contributed by atoms with Crippen molar-refractivity contribution >= 4 is 11.9 Å². The fourth-order valence-electron chi connectivity index (χ4n) is 3.67. The first-order chi connectivity index (χ1) is 11.8. The maximum Gasteiger partial charge on any atom is 0.309 e. The van der Waals surface area contributed by atoms with Crippen LogP contribution in [0, 0.1) is 11.3 Å². The Hall–Kier alpha value is -1.14. The maximum absolute atomic E-state index is 12.2. The third-order valence-electron chi connectivity index (χ3n) is 5.69. The topological polar surface area (TPSA) is 81.1 Å². The average Bonchev–Trinajstić information content (AvgIpc) is 2.58. The van der Waals surface area contributed by atoms with E-state index in [4.69, 9.17) is 0 Å². The summed E-state index contributed by atoms with van der Waals surface area (Å²) < 4.78 is 0. The van der Waals surface area contributed by atoms with Crippen LogP contribution in [-0.2, 0) is 9.59 Å². The van der Waals surface area contributed by atoms with Crippen LogP contribution in [0.15, 0.2) is 0 Å². The summed E-state index contributed by atoms with van der Waals surface area (Å²) in [5.74, 6) is -2.27. The molecule has 2 unspecified atom stereocenters. The van der Waals surface area contributed by atoms with Crippen molar-refractivity contribution in [3.8, 4) is 0 Å². The fraction of sp³-hybridized carbons (Fsp3) is 0.895. The van der Waals surface area contributed by atoms with Gasteiger partial charge in [-0.05, 0) is 39.3 Å². The van der Waals surface area contributed by atoms with Gasteiger partial charge in [0.1, 0.15) is 0 Å². The van der Waals surface area contributed by atoms with Gasteiger partial charge in [0.05, 0.1) is 11.3 Å².